The van der Waals surface area contributed by atoms with Gasteiger partial charge in [0.25, 0.3) is 0 Å². The largest absolute Gasteiger partial charge is 0.513 e. The van der Waals surface area contributed by atoms with Crippen LogP contribution in [-0.2, 0) is 16.1 Å². The van der Waals surface area contributed by atoms with E-state index in [9.17, 15) is 4.79 Å². The quantitative estimate of drug-likeness (QED) is 0.445. The molecule has 0 aromatic heterocycles. The summed E-state index contributed by atoms with van der Waals surface area (Å²) in [6, 6.07) is 16.6. The van der Waals surface area contributed by atoms with Gasteiger partial charge in [0, 0.05) is 7.11 Å². The Bertz CT molecular complexity index is 565. The molecular weight excluding hydrogens is 284 g/mol. The third-order valence-electron chi connectivity index (χ3n) is 2.78. The molecule has 2 rings (SSSR count). The van der Waals surface area contributed by atoms with Gasteiger partial charge in [0.05, 0.1) is 6.61 Å². The number of ether oxygens (including phenoxy) is 4. The minimum absolute atomic E-state index is 0.160. The molecule has 116 valence electrons. The van der Waals surface area contributed by atoms with Gasteiger partial charge >= 0.3 is 6.16 Å². The molecule has 0 heterocycles. The van der Waals surface area contributed by atoms with Crippen LogP contribution in [-0.4, -0.2) is 26.5 Å². The van der Waals surface area contributed by atoms with Gasteiger partial charge in [0.2, 0.25) is 0 Å². The molecule has 0 aliphatic rings. The molecule has 22 heavy (non-hydrogen) atoms. The van der Waals surface area contributed by atoms with E-state index in [1.54, 1.807) is 24.3 Å². The third kappa shape index (κ3) is 5.46. The molecule has 0 bridgehead atoms. The normalized spacial score (nSPS) is 10.0. The van der Waals surface area contributed by atoms with Gasteiger partial charge < -0.3 is 18.9 Å². The van der Waals surface area contributed by atoms with Crippen molar-refractivity contribution in [2.45, 2.75) is 6.61 Å². The number of methoxy groups -OCH3 is 1. The van der Waals surface area contributed by atoms with Crippen molar-refractivity contribution < 1.29 is 23.7 Å². The maximum atomic E-state index is 11.4. The van der Waals surface area contributed by atoms with Crippen molar-refractivity contribution in [3.8, 4) is 11.5 Å². The van der Waals surface area contributed by atoms with E-state index in [0.717, 1.165) is 5.56 Å². The Labute approximate surface area is 129 Å². The van der Waals surface area contributed by atoms with Crippen LogP contribution < -0.4 is 9.47 Å². The highest BCUT2D eigenvalue weighted by Crippen LogP contribution is 2.19. The number of hydrogen-bond donors (Lipinski definition) is 0. The van der Waals surface area contributed by atoms with Crippen molar-refractivity contribution in [1.29, 1.82) is 0 Å². The highest BCUT2D eigenvalue weighted by Gasteiger charge is 2.06. The maximum Gasteiger partial charge on any atom is 0.513 e. The number of rotatable bonds is 7. The second-order valence-electron chi connectivity index (χ2n) is 4.44. The van der Waals surface area contributed by atoms with Crippen LogP contribution in [0.5, 0.6) is 11.5 Å². The van der Waals surface area contributed by atoms with Gasteiger partial charge in [-0.25, -0.2) is 4.79 Å². The van der Waals surface area contributed by atoms with Gasteiger partial charge in [-0.15, -0.1) is 0 Å². The lowest BCUT2D eigenvalue weighted by Gasteiger charge is -2.08. The number of hydrogen-bond acceptors (Lipinski definition) is 5. The summed E-state index contributed by atoms with van der Waals surface area (Å²) in [6.45, 7) is 0.981. The summed E-state index contributed by atoms with van der Waals surface area (Å²) in [5, 5.41) is 0. The molecule has 5 nitrogen and oxygen atoms in total. The van der Waals surface area contributed by atoms with Crippen LogP contribution >= 0.6 is 0 Å². The molecule has 0 unspecified atom stereocenters. The lowest BCUT2D eigenvalue weighted by molar-refractivity contribution is 0.0685. The molecule has 2 aromatic rings. The first-order chi connectivity index (χ1) is 10.8. The van der Waals surface area contributed by atoms with E-state index < -0.39 is 6.16 Å². The number of carbonyl (C=O) groups excluding carboxylic acids is 1. The molecular formula is C17H18O5. The van der Waals surface area contributed by atoms with Crippen molar-refractivity contribution in [3.63, 3.8) is 0 Å². The van der Waals surface area contributed by atoms with E-state index in [4.69, 9.17) is 18.9 Å². The first kappa shape index (κ1) is 15.9. The van der Waals surface area contributed by atoms with E-state index in [-0.39, 0.29) is 6.61 Å². The van der Waals surface area contributed by atoms with Gasteiger partial charge in [-0.05, 0) is 29.8 Å². The Morgan fingerprint density at radius 3 is 2.27 bits per heavy atom. The van der Waals surface area contributed by atoms with Gasteiger partial charge in [-0.3, -0.25) is 0 Å². The van der Waals surface area contributed by atoms with Crippen molar-refractivity contribution in [3.05, 3.63) is 60.2 Å². The Morgan fingerprint density at radius 2 is 1.59 bits per heavy atom. The topological polar surface area (TPSA) is 54.0 Å². The van der Waals surface area contributed by atoms with Crippen LogP contribution in [0.15, 0.2) is 54.6 Å². The fourth-order valence-corrected chi connectivity index (χ4v) is 1.68. The van der Waals surface area contributed by atoms with Gasteiger partial charge in [-0.2, -0.15) is 0 Å². The second kappa shape index (κ2) is 8.69. The lowest BCUT2D eigenvalue weighted by Crippen LogP contribution is -2.13. The van der Waals surface area contributed by atoms with Crippen molar-refractivity contribution in [2.24, 2.45) is 0 Å². The zero-order chi connectivity index (χ0) is 15.6. The summed E-state index contributed by atoms with van der Waals surface area (Å²) in [5.41, 5.74) is 1.09. The maximum absolute atomic E-state index is 11.4. The molecule has 0 spiro atoms. The Balaban J connectivity index is 1.79. The Hall–Kier alpha value is -2.53. The first-order valence-electron chi connectivity index (χ1n) is 6.88. The van der Waals surface area contributed by atoms with Crippen LogP contribution in [0.1, 0.15) is 5.56 Å². The molecule has 0 amide bonds. The van der Waals surface area contributed by atoms with E-state index in [0.29, 0.717) is 24.7 Å². The average Bonchev–Trinajstić information content (AvgIpc) is 2.55. The number of carbonyl (C=O) groups is 1. The van der Waals surface area contributed by atoms with Gasteiger partial charge in [0.1, 0.15) is 24.7 Å². The molecule has 0 atom stereocenters. The second-order valence-corrected chi connectivity index (χ2v) is 4.44. The molecule has 0 aliphatic heterocycles. The molecule has 0 saturated heterocycles. The smallest absolute Gasteiger partial charge is 0.489 e. The first-order valence-corrected chi connectivity index (χ1v) is 6.88. The van der Waals surface area contributed by atoms with Gasteiger partial charge in [0.15, 0.2) is 0 Å². The molecule has 0 radical (unpaired) electrons. The molecule has 0 saturated carbocycles. The van der Waals surface area contributed by atoms with Crippen LogP contribution in [0.25, 0.3) is 0 Å². The summed E-state index contributed by atoms with van der Waals surface area (Å²) in [5.74, 6) is 1.10. The zero-order valence-corrected chi connectivity index (χ0v) is 12.4. The minimum Gasteiger partial charge on any atom is -0.489 e. The van der Waals surface area contributed by atoms with E-state index in [1.807, 2.05) is 30.3 Å². The van der Waals surface area contributed by atoms with Crippen LogP contribution in [0.3, 0.4) is 0 Å². The summed E-state index contributed by atoms with van der Waals surface area (Å²) < 4.78 is 20.2. The predicted molar refractivity (Wildman–Crippen MR) is 81.1 cm³/mol. The van der Waals surface area contributed by atoms with Gasteiger partial charge in [-0.1, -0.05) is 30.3 Å². The average molecular weight is 302 g/mol. The van der Waals surface area contributed by atoms with Crippen LogP contribution in [0.2, 0.25) is 0 Å². The Morgan fingerprint density at radius 1 is 0.909 bits per heavy atom. The highest BCUT2D eigenvalue weighted by molar-refractivity contribution is 5.63. The third-order valence-corrected chi connectivity index (χ3v) is 2.78. The van der Waals surface area contributed by atoms with Crippen LogP contribution in [0, 0.1) is 0 Å². The molecule has 2 aromatic carbocycles. The van der Waals surface area contributed by atoms with Crippen molar-refractivity contribution >= 4 is 6.16 Å². The minimum atomic E-state index is -0.755. The standard InChI is InChI=1S/C17H18O5/c1-19-11-12-20-17(18)22-16-9-7-15(8-10-16)21-13-14-5-3-2-4-6-14/h2-10H,11-13H2,1H3. The Kier molecular flexibility index (Phi) is 6.26. The summed E-state index contributed by atoms with van der Waals surface area (Å²) in [7, 11) is 1.53. The van der Waals surface area contributed by atoms with E-state index >= 15 is 0 Å². The molecule has 0 N–H and O–H groups in total. The summed E-state index contributed by atoms with van der Waals surface area (Å²) in [6.07, 6.45) is -0.755. The predicted octanol–water partition coefficient (Wildman–Crippen LogP) is 3.43. The highest BCUT2D eigenvalue weighted by atomic mass is 16.7. The number of benzene rings is 2. The van der Waals surface area contributed by atoms with E-state index in [2.05, 4.69) is 0 Å². The molecule has 0 aliphatic carbocycles. The molecule has 5 heteroatoms. The lowest BCUT2D eigenvalue weighted by atomic mass is 10.2. The van der Waals surface area contributed by atoms with Crippen molar-refractivity contribution in [2.75, 3.05) is 20.3 Å². The van der Waals surface area contributed by atoms with E-state index in [1.165, 1.54) is 7.11 Å². The fraction of sp³-hybridized carbons (Fsp3) is 0.235. The van der Waals surface area contributed by atoms with Crippen LogP contribution in [0.4, 0.5) is 4.79 Å². The molecule has 0 fully saturated rings. The SMILES string of the molecule is COCCOC(=O)Oc1ccc(OCc2ccccc2)cc1. The van der Waals surface area contributed by atoms with Crippen molar-refractivity contribution in [1.82, 2.24) is 0 Å². The zero-order valence-electron chi connectivity index (χ0n) is 12.4. The summed E-state index contributed by atoms with van der Waals surface area (Å²) >= 11 is 0. The fourth-order valence-electron chi connectivity index (χ4n) is 1.68. The summed E-state index contributed by atoms with van der Waals surface area (Å²) in [4.78, 5) is 11.4. The monoisotopic (exact) mass is 302 g/mol.